The van der Waals surface area contributed by atoms with Gasteiger partial charge >= 0.3 is 0 Å². The Kier molecular flexibility index (Phi) is 3.41. The maximum Gasteiger partial charge on any atom is 0.179 e. The molecule has 2 atom stereocenters. The van der Waals surface area contributed by atoms with E-state index in [2.05, 4.69) is 0 Å². The maximum absolute atomic E-state index is 12.6. The average molecular weight is 300 g/mol. The Balaban J connectivity index is 1.97. The van der Waals surface area contributed by atoms with Crippen LogP contribution in [-0.2, 0) is 9.84 Å². The van der Waals surface area contributed by atoms with Crippen molar-refractivity contribution in [2.45, 2.75) is 17.7 Å². The van der Waals surface area contributed by atoms with Gasteiger partial charge in [-0.05, 0) is 11.6 Å². The molecule has 21 heavy (non-hydrogen) atoms. The molecule has 0 aromatic heterocycles. The summed E-state index contributed by atoms with van der Waals surface area (Å²) in [5.74, 6) is -0.608. The summed E-state index contributed by atoms with van der Waals surface area (Å²) in [7, 11) is -3.27. The fourth-order valence-electron chi connectivity index (χ4n) is 2.95. The first-order valence-electron chi connectivity index (χ1n) is 6.91. The largest absolute Gasteiger partial charge is 0.294 e. The van der Waals surface area contributed by atoms with Gasteiger partial charge in [-0.1, -0.05) is 55.5 Å². The Morgan fingerprint density at radius 2 is 1.67 bits per heavy atom. The number of ketones is 1. The molecule has 108 valence electrons. The van der Waals surface area contributed by atoms with Crippen molar-refractivity contribution in [2.24, 2.45) is 5.92 Å². The van der Waals surface area contributed by atoms with Crippen LogP contribution in [0.3, 0.4) is 0 Å². The zero-order chi connectivity index (χ0) is 15.0. The van der Waals surface area contributed by atoms with Crippen molar-refractivity contribution in [1.29, 1.82) is 0 Å². The van der Waals surface area contributed by atoms with Crippen molar-refractivity contribution in [3.05, 3.63) is 65.7 Å². The Bertz CT molecular complexity index is 779. The average Bonchev–Trinajstić information content (AvgIpc) is 2.79. The highest BCUT2D eigenvalue weighted by atomic mass is 32.2. The van der Waals surface area contributed by atoms with Crippen LogP contribution >= 0.6 is 0 Å². The molecule has 0 spiro atoms. The van der Waals surface area contributed by atoms with E-state index in [1.165, 1.54) is 0 Å². The molecule has 0 saturated heterocycles. The molecule has 0 bridgehead atoms. The van der Waals surface area contributed by atoms with Gasteiger partial charge in [0.25, 0.3) is 0 Å². The Labute approximate surface area is 124 Å². The van der Waals surface area contributed by atoms with Gasteiger partial charge in [0, 0.05) is 17.4 Å². The van der Waals surface area contributed by atoms with E-state index in [1.807, 2.05) is 37.3 Å². The number of carbonyl (C=O) groups is 1. The standard InChI is InChI=1S/C17H16O3S/c1-12(17(18)13-7-3-2-4-8-13)15-11-21(19,20)16-10-6-5-9-14(15)16/h2-10,12,15H,11H2,1H3. The second kappa shape index (κ2) is 5.11. The van der Waals surface area contributed by atoms with Crippen LogP contribution in [0.15, 0.2) is 59.5 Å². The van der Waals surface area contributed by atoms with E-state index in [1.54, 1.807) is 24.3 Å². The molecule has 1 heterocycles. The zero-order valence-corrected chi connectivity index (χ0v) is 12.5. The molecule has 2 aromatic rings. The van der Waals surface area contributed by atoms with E-state index in [-0.39, 0.29) is 23.4 Å². The summed E-state index contributed by atoms with van der Waals surface area (Å²) < 4.78 is 24.4. The quantitative estimate of drug-likeness (QED) is 0.819. The van der Waals surface area contributed by atoms with Crippen molar-refractivity contribution in [3.8, 4) is 0 Å². The predicted octanol–water partition coefficient (Wildman–Crippen LogP) is 3.08. The lowest BCUT2D eigenvalue weighted by molar-refractivity contribution is 0.0916. The molecule has 0 fully saturated rings. The van der Waals surface area contributed by atoms with Gasteiger partial charge in [0.2, 0.25) is 0 Å². The molecule has 2 unspecified atom stereocenters. The predicted molar refractivity (Wildman–Crippen MR) is 81.2 cm³/mol. The first-order chi connectivity index (χ1) is 10.0. The summed E-state index contributed by atoms with van der Waals surface area (Å²) in [6.07, 6.45) is 0. The molecule has 0 amide bonds. The summed E-state index contributed by atoms with van der Waals surface area (Å²) in [6.45, 7) is 1.82. The highest BCUT2D eigenvalue weighted by molar-refractivity contribution is 7.91. The van der Waals surface area contributed by atoms with Crippen LogP contribution in [0.1, 0.15) is 28.8 Å². The smallest absolute Gasteiger partial charge is 0.179 e. The number of fused-ring (bicyclic) bond motifs is 1. The van der Waals surface area contributed by atoms with E-state index < -0.39 is 9.84 Å². The molecule has 0 aliphatic carbocycles. The summed E-state index contributed by atoms with van der Waals surface area (Å²) in [5, 5.41) is 0. The Hall–Kier alpha value is -1.94. The van der Waals surface area contributed by atoms with Crippen LogP contribution in [-0.4, -0.2) is 20.0 Å². The van der Waals surface area contributed by atoms with E-state index in [9.17, 15) is 13.2 Å². The molecule has 2 aromatic carbocycles. The lowest BCUT2D eigenvalue weighted by Gasteiger charge is -2.18. The molecule has 1 aliphatic heterocycles. The molecule has 4 heteroatoms. The highest BCUT2D eigenvalue weighted by Gasteiger charge is 2.39. The zero-order valence-electron chi connectivity index (χ0n) is 11.7. The number of sulfone groups is 1. The summed E-state index contributed by atoms with van der Waals surface area (Å²) in [6, 6.07) is 16.0. The molecular formula is C17H16O3S. The molecule has 1 aliphatic rings. The maximum atomic E-state index is 12.6. The van der Waals surface area contributed by atoms with Gasteiger partial charge in [0.05, 0.1) is 10.6 Å². The fraction of sp³-hybridized carbons (Fsp3) is 0.235. The van der Waals surface area contributed by atoms with Gasteiger partial charge in [0.15, 0.2) is 15.6 Å². The third-order valence-electron chi connectivity index (χ3n) is 4.13. The minimum absolute atomic E-state index is 0.00694. The van der Waals surface area contributed by atoms with Crippen molar-refractivity contribution in [2.75, 3.05) is 5.75 Å². The van der Waals surface area contributed by atoms with Crippen LogP contribution in [0.4, 0.5) is 0 Å². The van der Waals surface area contributed by atoms with E-state index in [0.717, 1.165) is 5.56 Å². The van der Waals surface area contributed by atoms with E-state index in [4.69, 9.17) is 0 Å². The highest BCUT2D eigenvalue weighted by Crippen LogP contribution is 2.40. The second-order valence-corrected chi connectivity index (χ2v) is 7.45. The van der Waals surface area contributed by atoms with Gasteiger partial charge < -0.3 is 0 Å². The molecule has 0 radical (unpaired) electrons. The monoisotopic (exact) mass is 300 g/mol. The normalized spacial score (nSPS) is 20.7. The number of Topliss-reactive ketones (excluding diaryl/α,β-unsaturated/α-hetero) is 1. The lowest BCUT2D eigenvalue weighted by atomic mass is 9.84. The lowest BCUT2D eigenvalue weighted by Crippen LogP contribution is -2.21. The summed E-state index contributed by atoms with van der Waals surface area (Å²) in [5.41, 5.74) is 1.40. The minimum atomic E-state index is -3.27. The molecule has 3 rings (SSSR count). The number of hydrogen-bond acceptors (Lipinski definition) is 3. The summed E-state index contributed by atoms with van der Waals surface area (Å²) in [4.78, 5) is 12.9. The Morgan fingerprint density at radius 1 is 1.05 bits per heavy atom. The van der Waals surface area contributed by atoms with E-state index in [0.29, 0.717) is 10.5 Å². The van der Waals surface area contributed by atoms with Crippen LogP contribution in [0, 0.1) is 5.92 Å². The van der Waals surface area contributed by atoms with Gasteiger partial charge in [0.1, 0.15) is 0 Å². The van der Waals surface area contributed by atoms with Crippen LogP contribution in [0.5, 0.6) is 0 Å². The number of carbonyl (C=O) groups excluding carboxylic acids is 1. The SMILES string of the molecule is CC(C(=O)c1ccccc1)C1CS(=O)(=O)c2ccccc21. The summed E-state index contributed by atoms with van der Waals surface area (Å²) >= 11 is 0. The molecule has 0 N–H and O–H groups in total. The van der Waals surface area contributed by atoms with E-state index >= 15 is 0 Å². The number of hydrogen-bond donors (Lipinski definition) is 0. The topological polar surface area (TPSA) is 51.2 Å². The van der Waals surface area contributed by atoms with Crippen LogP contribution in [0.25, 0.3) is 0 Å². The van der Waals surface area contributed by atoms with Crippen molar-refractivity contribution in [3.63, 3.8) is 0 Å². The second-order valence-electron chi connectivity index (χ2n) is 5.44. The third kappa shape index (κ3) is 2.40. The van der Waals surface area contributed by atoms with Crippen LogP contribution < -0.4 is 0 Å². The van der Waals surface area contributed by atoms with Gasteiger partial charge in [-0.3, -0.25) is 4.79 Å². The minimum Gasteiger partial charge on any atom is -0.294 e. The van der Waals surface area contributed by atoms with Crippen molar-refractivity contribution < 1.29 is 13.2 Å². The fourth-order valence-corrected chi connectivity index (χ4v) is 4.93. The number of benzene rings is 2. The first kappa shape index (κ1) is 14.0. The third-order valence-corrected chi connectivity index (χ3v) is 5.97. The number of rotatable bonds is 3. The van der Waals surface area contributed by atoms with Crippen molar-refractivity contribution >= 4 is 15.6 Å². The molecule has 3 nitrogen and oxygen atoms in total. The van der Waals surface area contributed by atoms with Gasteiger partial charge in [-0.2, -0.15) is 0 Å². The molecule has 0 saturated carbocycles. The molecular weight excluding hydrogens is 284 g/mol. The van der Waals surface area contributed by atoms with Crippen molar-refractivity contribution in [1.82, 2.24) is 0 Å². The van der Waals surface area contributed by atoms with Crippen LogP contribution in [0.2, 0.25) is 0 Å². The Morgan fingerprint density at radius 3 is 2.38 bits per heavy atom. The van der Waals surface area contributed by atoms with Gasteiger partial charge in [-0.15, -0.1) is 0 Å². The first-order valence-corrected chi connectivity index (χ1v) is 8.57. The van der Waals surface area contributed by atoms with Gasteiger partial charge in [-0.25, -0.2) is 8.42 Å².